The third-order valence-electron chi connectivity index (χ3n) is 5.61. The first kappa shape index (κ1) is 17.9. The second-order valence-corrected chi connectivity index (χ2v) is 7.68. The maximum Gasteiger partial charge on any atom is 0.411 e. The van der Waals surface area contributed by atoms with Crippen molar-refractivity contribution >= 4 is 22.6 Å². The minimum absolute atomic E-state index is 0.0172. The summed E-state index contributed by atoms with van der Waals surface area (Å²) in [6, 6.07) is 16.0. The van der Waals surface area contributed by atoms with Crippen LogP contribution >= 0.6 is 0 Å². The number of hydrogen-bond acceptors (Lipinski definition) is 4. The monoisotopic (exact) mass is 389 g/mol. The second kappa shape index (κ2) is 7.37. The van der Waals surface area contributed by atoms with Gasteiger partial charge in [0.05, 0.1) is 30.8 Å². The Morgan fingerprint density at radius 2 is 2.07 bits per heavy atom. The Bertz CT molecular complexity index is 1070. The van der Waals surface area contributed by atoms with Crippen LogP contribution in [0.4, 0.5) is 4.79 Å². The quantitative estimate of drug-likeness (QED) is 0.684. The van der Waals surface area contributed by atoms with Gasteiger partial charge in [-0.25, -0.2) is 4.79 Å². The van der Waals surface area contributed by atoms with E-state index >= 15 is 0 Å². The summed E-state index contributed by atoms with van der Waals surface area (Å²) >= 11 is 0. The summed E-state index contributed by atoms with van der Waals surface area (Å²) in [4.78, 5) is 14.7. The van der Waals surface area contributed by atoms with Gasteiger partial charge < -0.3 is 9.47 Å². The van der Waals surface area contributed by atoms with E-state index in [0.29, 0.717) is 13.2 Å². The summed E-state index contributed by atoms with van der Waals surface area (Å²) < 4.78 is 13.2. The highest BCUT2D eigenvalue weighted by Crippen LogP contribution is 2.34. The maximum absolute atomic E-state index is 12.8. The SMILES string of the molecule is Cn1cc2ccc(C3=CC4COCC(C3)N4C(=O)OCc3ccccc3)cc2n1. The minimum atomic E-state index is -0.275. The second-order valence-electron chi connectivity index (χ2n) is 7.68. The van der Waals surface area contributed by atoms with E-state index in [1.807, 2.05) is 53.2 Å². The molecule has 2 aromatic carbocycles. The van der Waals surface area contributed by atoms with E-state index in [9.17, 15) is 4.79 Å². The Morgan fingerprint density at radius 3 is 2.90 bits per heavy atom. The van der Waals surface area contributed by atoms with Crippen molar-refractivity contribution in [2.24, 2.45) is 7.05 Å². The summed E-state index contributed by atoms with van der Waals surface area (Å²) in [6.45, 7) is 1.30. The summed E-state index contributed by atoms with van der Waals surface area (Å²) in [6.07, 6.45) is 4.63. The van der Waals surface area contributed by atoms with Crippen molar-refractivity contribution < 1.29 is 14.3 Å². The van der Waals surface area contributed by atoms with Gasteiger partial charge in [0.2, 0.25) is 0 Å². The maximum atomic E-state index is 12.8. The largest absolute Gasteiger partial charge is 0.445 e. The molecule has 6 nitrogen and oxygen atoms in total. The smallest absolute Gasteiger partial charge is 0.411 e. The van der Waals surface area contributed by atoms with E-state index in [-0.39, 0.29) is 24.8 Å². The number of carbonyl (C=O) groups is 1. The van der Waals surface area contributed by atoms with Crippen LogP contribution in [0.25, 0.3) is 16.5 Å². The molecule has 148 valence electrons. The van der Waals surface area contributed by atoms with Crippen LogP contribution < -0.4 is 0 Å². The fourth-order valence-corrected chi connectivity index (χ4v) is 4.23. The molecule has 0 aliphatic carbocycles. The van der Waals surface area contributed by atoms with E-state index in [4.69, 9.17) is 9.47 Å². The van der Waals surface area contributed by atoms with Crippen molar-refractivity contribution in [1.29, 1.82) is 0 Å². The lowest BCUT2D eigenvalue weighted by Gasteiger charge is -2.43. The van der Waals surface area contributed by atoms with Gasteiger partial charge in [0.1, 0.15) is 6.61 Å². The summed E-state index contributed by atoms with van der Waals surface area (Å²) in [5.74, 6) is 0. The van der Waals surface area contributed by atoms with Crippen molar-refractivity contribution in [3.05, 3.63) is 71.9 Å². The summed E-state index contributed by atoms with van der Waals surface area (Å²) in [7, 11) is 1.93. The topological polar surface area (TPSA) is 56.6 Å². The highest BCUT2D eigenvalue weighted by Gasteiger charge is 2.39. The number of ether oxygens (including phenoxy) is 2. The van der Waals surface area contributed by atoms with Crippen LogP contribution in [0.1, 0.15) is 17.5 Å². The molecule has 2 unspecified atom stereocenters. The molecule has 1 aromatic heterocycles. The average molecular weight is 389 g/mol. The molecule has 2 atom stereocenters. The number of morpholine rings is 1. The van der Waals surface area contributed by atoms with Crippen LogP contribution in [0, 0.1) is 0 Å². The van der Waals surface area contributed by atoms with Gasteiger partial charge in [-0.05, 0) is 29.2 Å². The fourth-order valence-electron chi connectivity index (χ4n) is 4.23. The van der Waals surface area contributed by atoms with E-state index < -0.39 is 0 Å². The van der Waals surface area contributed by atoms with Gasteiger partial charge in [-0.3, -0.25) is 9.58 Å². The Hall–Kier alpha value is -3.12. The first-order valence-corrected chi connectivity index (χ1v) is 9.88. The number of aryl methyl sites for hydroxylation is 1. The van der Waals surface area contributed by atoms with Crippen molar-refractivity contribution in [3.63, 3.8) is 0 Å². The molecular formula is C23H23N3O3. The third-order valence-corrected chi connectivity index (χ3v) is 5.61. The molecule has 3 aromatic rings. The van der Waals surface area contributed by atoms with Crippen LogP contribution in [-0.2, 0) is 23.1 Å². The van der Waals surface area contributed by atoms with Crippen LogP contribution in [0.3, 0.4) is 0 Å². The summed E-state index contributed by atoms with van der Waals surface area (Å²) in [5, 5.41) is 5.64. The Morgan fingerprint density at radius 1 is 1.21 bits per heavy atom. The molecule has 0 saturated carbocycles. The lowest BCUT2D eigenvalue weighted by atomic mass is 9.90. The molecule has 1 amide bonds. The molecule has 1 saturated heterocycles. The van der Waals surface area contributed by atoms with Crippen LogP contribution in [0.2, 0.25) is 0 Å². The molecule has 3 heterocycles. The standard InChI is InChI=1S/C23H23N3O3/c1-25-12-18-8-7-17(11-22(18)24-25)19-9-20-14-28-15-21(10-19)26(20)23(27)29-13-16-5-3-2-4-6-16/h2-9,11-12,20-21H,10,13-15H2,1H3. The third kappa shape index (κ3) is 3.51. The van der Waals surface area contributed by atoms with Crippen molar-refractivity contribution in [2.75, 3.05) is 13.2 Å². The highest BCUT2D eigenvalue weighted by molar-refractivity contribution is 5.84. The van der Waals surface area contributed by atoms with E-state index in [0.717, 1.165) is 28.5 Å². The highest BCUT2D eigenvalue weighted by atomic mass is 16.6. The molecule has 1 fully saturated rings. The first-order valence-electron chi connectivity index (χ1n) is 9.88. The fraction of sp³-hybridized carbons (Fsp3) is 0.304. The van der Waals surface area contributed by atoms with E-state index in [2.05, 4.69) is 29.4 Å². The number of aromatic nitrogens is 2. The molecule has 0 spiro atoms. The van der Waals surface area contributed by atoms with Gasteiger partial charge in [-0.15, -0.1) is 0 Å². The number of fused-ring (bicyclic) bond motifs is 3. The molecule has 2 bridgehead atoms. The van der Waals surface area contributed by atoms with Crippen molar-refractivity contribution in [1.82, 2.24) is 14.7 Å². The lowest BCUT2D eigenvalue weighted by molar-refractivity contribution is -0.0342. The van der Waals surface area contributed by atoms with Crippen molar-refractivity contribution in [3.8, 4) is 0 Å². The Kier molecular flexibility index (Phi) is 4.56. The van der Waals surface area contributed by atoms with Crippen LogP contribution in [0.5, 0.6) is 0 Å². The first-order chi connectivity index (χ1) is 14.2. The molecule has 6 heteroatoms. The number of amides is 1. The van der Waals surface area contributed by atoms with Gasteiger partial charge in [0, 0.05) is 18.6 Å². The lowest BCUT2D eigenvalue weighted by Crippen LogP contribution is -2.56. The van der Waals surface area contributed by atoms with Gasteiger partial charge >= 0.3 is 6.09 Å². The molecular weight excluding hydrogens is 366 g/mol. The normalized spacial score (nSPS) is 21.1. The van der Waals surface area contributed by atoms with Crippen molar-refractivity contribution in [2.45, 2.75) is 25.1 Å². The molecule has 0 radical (unpaired) electrons. The average Bonchev–Trinajstić information content (AvgIpc) is 3.11. The molecule has 2 aliphatic rings. The number of carbonyl (C=O) groups excluding carboxylic acids is 1. The van der Waals surface area contributed by atoms with Gasteiger partial charge in [-0.1, -0.05) is 48.5 Å². The Labute approximate surface area is 169 Å². The van der Waals surface area contributed by atoms with Gasteiger partial charge in [-0.2, -0.15) is 5.10 Å². The number of benzene rings is 2. The number of hydrogen-bond donors (Lipinski definition) is 0. The van der Waals surface area contributed by atoms with E-state index in [1.54, 1.807) is 0 Å². The van der Waals surface area contributed by atoms with Gasteiger partial charge in [0.15, 0.2) is 0 Å². The number of nitrogens with zero attached hydrogens (tertiary/aromatic N) is 3. The minimum Gasteiger partial charge on any atom is -0.445 e. The van der Waals surface area contributed by atoms with Crippen LogP contribution in [0.15, 0.2) is 60.8 Å². The molecule has 5 rings (SSSR count). The zero-order valence-corrected chi connectivity index (χ0v) is 16.3. The Balaban J connectivity index is 1.36. The van der Waals surface area contributed by atoms with E-state index in [1.165, 1.54) is 5.57 Å². The molecule has 29 heavy (non-hydrogen) atoms. The zero-order valence-electron chi connectivity index (χ0n) is 16.3. The number of rotatable bonds is 3. The molecule has 0 N–H and O–H groups in total. The predicted octanol–water partition coefficient (Wildman–Crippen LogP) is 3.77. The summed E-state index contributed by atoms with van der Waals surface area (Å²) in [5.41, 5.74) is 4.37. The van der Waals surface area contributed by atoms with Crippen LogP contribution in [-0.4, -0.2) is 46.1 Å². The predicted molar refractivity (Wildman–Crippen MR) is 110 cm³/mol. The van der Waals surface area contributed by atoms with Gasteiger partial charge in [0.25, 0.3) is 0 Å². The molecule has 2 aliphatic heterocycles. The zero-order chi connectivity index (χ0) is 19.8.